The van der Waals surface area contributed by atoms with Crippen molar-refractivity contribution in [1.29, 1.82) is 0 Å². The van der Waals surface area contributed by atoms with Gasteiger partial charge in [0.2, 0.25) is 15.9 Å². The number of anilines is 1. The zero-order valence-corrected chi connectivity index (χ0v) is 17.1. The highest BCUT2D eigenvalue weighted by molar-refractivity contribution is 7.92. The molecule has 1 saturated heterocycles. The van der Waals surface area contributed by atoms with Crippen LogP contribution in [-0.4, -0.2) is 40.3 Å². The first-order chi connectivity index (χ1) is 13.8. The van der Waals surface area contributed by atoms with Gasteiger partial charge in [-0.15, -0.1) is 0 Å². The summed E-state index contributed by atoms with van der Waals surface area (Å²) < 4.78 is 44.4. The first kappa shape index (κ1) is 21.3. The van der Waals surface area contributed by atoms with Gasteiger partial charge in [-0.1, -0.05) is 30.3 Å². The highest BCUT2D eigenvalue weighted by Crippen LogP contribution is 2.34. The van der Waals surface area contributed by atoms with E-state index in [9.17, 15) is 17.6 Å². The molecule has 0 radical (unpaired) electrons. The molecule has 1 heterocycles. The van der Waals surface area contributed by atoms with E-state index in [2.05, 4.69) is 10.0 Å². The molecule has 0 spiro atoms. The average molecular weight is 421 g/mol. The molecule has 29 heavy (non-hydrogen) atoms. The Balaban J connectivity index is 1.71. The first-order valence-electron chi connectivity index (χ1n) is 9.44. The number of sulfonamides is 1. The smallest absolute Gasteiger partial charge is 0.229 e. The third-order valence-corrected chi connectivity index (χ3v) is 5.78. The van der Waals surface area contributed by atoms with E-state index in [1.165, 1.54) is 12.1 Å². The Kier molecular flexibility index (Phi) is 6.54. The lowest BCUT2D eigenvalue weighted by Crippen LogP contribution is -2.45. The molecule has 2 aromatic carbocycles. The average Bonchev–Trinajstić information content (AvgIpc) is 2.68. The maximum atomic E-state index is 13.3. The van der Waals surface area contributed by atoms with Gasteiger partial charge in [0.15, 0.2) is 0 Å². The van der Waals surface area contributed by atoms with Crippen LogP contribution in [-0.2, 0) is 31.4 Å². The van der Waals surface area contributed by atoms with Crippen LogP contribution in [0, 0.1) is 5.82 Å². The summed E-state index contributed by atoms with van der Waals surface area (Å²) in [5.41, 5.74) is 1.65. The van der Waals surface area contributed by atoms with E-state index in [1.54, 1.807) is 36.4 Å². The molecule has 0 unspecified atom stereocenters. The number of nitrogens with one attached hydrogen (secondary N) is 2. The summed E-state index contributed by atoms with van der Waals surface area (Å²) in [6, 6.07) is 13.2. The molecule has 6 nitrogen and oxygen atoms in total. The maximum Gasteiger partial charge on any atom is 0.229 e. The number of carbonyl (C=O) groups is 1. The van der Waals surface area contributed by atoms with Crippen molar-refractivity contribution in [3.05, 3.63) is 65.5 Å². The van der Waals surface area contributed by atoms with Crippen LogP contribution >= 0.6 is 0 Å². The van der Waals surface area contributed by atoms with Crippen LogP contribution in [0.3, 0.4) is 0 Å². The maximum absolute atomic E-state index is 13.3. The molecular weight excluding hydrogens is 395 g/mol. The molecule has 3 rings (SSSR count). The predicted molar refractivity (Wildman–Crippen MR) is 110 cm³/mol. The van der Waals surface area contributed by atoms with Crippen molar-refractivity contribution >= 4 is 21.6 Å². The number of halogens is 1. The van der Waals surface area contributed by atoms with E-state index in [0.717, 1.165) is 24.7 Å². The lowest BCUT2D eigenvalue weighted by Gasteiger charge is -2.38. The third kappa shape index (κ3) is 5.77. The van der Waals surface area contributed by atoms with Gasteiger partial charge in [0.25, 0.3) is 0 Å². The standard InChI is InChI=1S/C21H25FN2O4S/c1-29(26,27)24-19-5-3-2-4-16(19)14-20(25)23-15-21(10-12-28-13-11-21)17-6-8-18(22)9-7-17/h2-9,24H,10-15H2,1H3,(H,23,25). The van der Waals surface area contributed by atoms with E-state index in [0.29, 0.717) is 31.0 Å². The van der Waals surface area contributed by atoms with Gasteiger partial charge in [0.05, 0.1) is 18.4 Å². The van der Waals surface area contributed by atoms with E-state index >= 15 is 0 Å². The molecule has 8 heteroatoms. The van der Waals surface area contributed by atoms with Crippen molar-refractivity contribution < 1.29 is 22.3 Å². The fourth-order valence-electron chi connectivity index (χ4n) is 3.61. The lowest BCUT2D eigenvalue weighted by molar-refractivity contribution is -0.120. The van der Waals surface area contributed by atoms with Crippen molar-refractivity contribution in [2.24, 2.45) is 0 Å². The third-order valence-electron chi connectivity index (χ3n) is 5.19. The number of carbonyl (C=O) groups excluding carboxylic acids is 1. The molecule has 2 N–H and O–H groups in total. The van der Waals surface area contributed by atoms with Crippen LogP contribution in [0.25, 0.3) is 0 Å². The number of benzene rings is 2. The molecule has 0 bridgehead atoms. The number of hydrogen-bond acceptors (Lipinski definition) is 4. The summed E-state index contributed by atoms with van der Waals surface area (Å²) >= 11 is 0. The summed E-state index contributed by atoms with van der Waals surface area (Å²) in [6.45, 7) is 1.56. The number of hydrogen-bond donors (Lipinski definition) is 2. The normalized spacial score (nSPS) is 16.2. The fourth-order valence-corrected chi connectivity index (χ4v) is 4.21. The van der Waals surface area contributed by atoms with Gasteiger partial charge in [-0.25, -0.2) is 12.8 Å². The topological polar surface area (TPSA) is 84.5 Å². The van der Waals surface area contributed by atoms with Gasteiger partial charge in [-0.05, 0) is 42.2 Å². The van der Waals surface area contributed by atoms with Crippen molar-refractivity contribution in [2.75, 3.05) is 30.7 Å². The Labute approximate surface area is 170 Å². The van der Waals surface area contributed by atoms with Gasteiger partial charge < -0.3 is 10.1 Å². The summed E-state index contributed by atoms with van der Waals surface area (Å²) in [4.78, 5) is 12.6. The minimum Gasteiger partial charge on any atom is -0.381 e. The Morgan fingerprint density at radius 3 is 2.41 bits per heavy atom. The summed E-state index contributed by atoms with van der Waals surface area (Å²) in [5.74, 6) is -0.504. The second kappa shape index (κ2) is 8.92. The molecule has 1 fully saturated rings. The summed E-state index contributed by atoms with van der Waals surface area (Å²) in [6.07, 6.45) is 2.58. The van der Waals surface area contributed by atoms with E-state index in [4.69, 9.17) is 4.74 Å². The number of ether oxygens (including phenoxy) is 1. The Morgan fingerprint density at radius 2 is 1.76 bits per heavy atom. The van der Waals surface area contributed by atoms with Crippen molar-refractivity contribution in [3.63, 3.8) is 0 Å². The molecule has 0 atom stereocenters. The lowest BCUT2D eigenvalue weighted by atomic mass is 9.74. The largest absolute Gasteiger partial charge is 0.381 e. The zero-order valence-electron chi connectivity index (χ0n) is 16.3. The summed E-state index contributed by atoms with van der Waals surface area (Å²) in [5, 5.41) is 2.98. The molecule has 1 aliphatic rings. The molecule has 0 saturated carbocycles. The molecule has 0 aromatic heterocycles. The van der Waals surface area contributed by atoms with Crippen LogP contribution in [0.15, 0.2) is 48.5 Å². The van der Waals surface area contributed by atoms with Crippen LogP contribution in [0.4, 0.5) is 10.1 Å². The van der Waals surface area contributed by atoms with E-state index in [1.807, 2.05) is 0 Å². The number of para-hydroxylation sites is 1. The highest BCUT2D eigenvalue weighted by atomic mass is 32.2. The van der Waals surface area contributed by atoms with Crippen LogP contribution < -0.4 is 10.0 Å². The fraction of sp³-hybridized carbons (Fsp3) is 0.381. The van der Waals surface area contributed by atoms with Crippen molar-refractivity contribution in [1.82, 2.24) is 5.32 Å². The zero-order chi connectivity index (χ0) is 20.9. The SMILES string of the molecule is CS(=O)(=O)Nc1ccccc1CC(=O)NCC1(c2ccc(F)cc2)CCOCC1. The second-order valence-electron chi connectivity index (χ2n) is 7.38. The van der Waals surface area contributed by atoms with Gasteiger partial charge in [0, 0.05) is 25.2 Å². The van der Waals surface area contributed by atoms with Crippen LogP contribution in [0.2, 0.25) is 0 Å². The molecule has 156 valence electrons. The second-order valence-corrected chi connectivity index (χ2v) is 9.13. The number of amides is 1. The molecule has 2 aromatic rings. The van der Waals surface area contributed by atoms with Gasteiger partial charge in [0.1, 0.15) is 5.82 Å². The highest BCUT2D eigenvalue weighted by Gasteiger charge is 2.34. The first-order valence-corrected chi connectivity index (χ1v) is 11.3. The minimum absolute atomic E-state index is 0.0503. The predicted octanol–water partition coefficient (Wildman–Crippen LogP) is 2.60. The van der Waals surface area contributed by atoms with Gasteiger partial charge in [-0.2, -0.15) is 0 Å². The Hall–Kier alpha value is -2.45. The molecular formula is C21H25FN2O4S. The van der Waals surface area contributed by atoms with E-state index in [-0.39, 0.29) is 23.6 Å². The van der Waals surface area contributed by atoms with Gasteiger partial charge in [-0.3, -0.25) is 9.52 Å². The molecule has 1 amide bonds. The van der Waals surface area contributed by atoms with Gasteiger partial charge >= 0.3 is 0 Å². The number of rotatable bonds is 7. The van der Waals surface area contributed by atoms with Crippen LogP contribution in [0.1, 0.15) is 24.0 Å². The Morgan fingerprint density at radius 1 is 1.10 bits per heavy atom. The van der Waals surface area contributed by atoms with Crippen molar-refractivity contribution in [3.8, 4) is 0 Å². The minimum atomic E-state index is -3.44. The molecule has 1 aliphatic heterocycles. The molecule has 0 aliphatic carbocycles. The van der Waals surface area contributed by atoms with E-state index < -0.39 is 10.0 Å². The Bertz CT molecular complexity index is 955. The summed E-state index contributed by atoms with van der Waals surface area (Å²) in [7, 11) is -3.44. The quantitative estimate of drug-likeness (QED) is 0.721. The van der Waals surface area contributed by atoms with Crippen LogP contribution in [0.5, 0.6) is 0 Å². The monoisotopic (exact) mass is 420 g/mol. The van der Waals surface area contributed by atoms with Crippen molar-refractivity contribution in [2.45, 2.75) is 24.7 Å².